The van der Waals surface area contributed by atoms with Crippen molar-refractivity contribution in [2.45, 2.75) is 18.6 Å². The standard InChI is InChI=1S/C5H8O2/c1-2-6-3-5-4(1)7-5/h4-5H,1-3H2/t4-,5+/m1/s1. The highest BCUT2D eigenvalue weighted by Crippen LogP contribution is 2.28. The van der Waals surface area contributed by atoms with E-state index in [-0.39, 0.29) is 0 Å². The molecule has 0 aromatic heterocycles. The van der Waals surface area contributed by atoms with Crippen molar-refractivity contribution in [3.63, 3.8) is 0 Å². The molecule has 2 nitrogen and oxygen atoms in total. The molecule has 7 heavy (non-hydrogen) atoms. The van der Waals surface area contributed by atoms with Crippen molar-refractivity contribution in [3.8, 4) is 0 Å². The van der Waals surface area contributed by atoms with E-state index in [1.165, 1.54) is 0 Å². The molecule has 2 aliphatic rings. The van der Waals surface area contributed by atoms with Crippen LogP contribution in [-0.2, 0) is 9.47 Å². The smallest absolute Gasteiger partial charge is 0.107 e. The van der Waals surface area contributed by atoms with Crippen molar-refractivity contribution < 1.29 is 9.47 Å². The predicted octanol–water partition coefficient (Wildman–Crippen LogP) is 0.174. The van der Waals surface area contributed by atoms with E-state index in [4.69, 9.17) is 9.47 Å². The fourth-order valence-electron chi connectivity index (χ4n) is 0.979. The molecular formula is C5H8O2. The van der Waals surface area contributed by atoms with Gasteiger partial charge in [-0.25, -0.2) is 0 Å². The third-order valence-corrected chi connectivity index (χ3v) is 1.52. The fourth-order valence-corrected chi connectivity index (χ4v) is 0.979. The van der Waals surface area contributed by atoms with Crippen LogP contribution in [0.25, 0.3) is 0 Å². The minimum Gasteiger partial charge on any atom is -0.379 e. The molecule has 0 aromatic carbocycles. The molecule has 0 aromatic rings. The second kappa shape index (κ2) is 1.20. The molecule has 2 atom stereocenters. The van der Waals surface area contributed by atoms with Crippen molar-refractivity contribution >= 4 is 0 Å². The van der Waals surface area contributed by atoms with Crippen molar-refractivity contribution in [1.29, 1.82) is 0 Å². The van der Waals surface area contributed by atoms with E-state index in [9.17, 15) is 0 Å². The van der Waals surface area contributed by atoms with Gasteiger partial charge in [-0.15, -0.1) is 0 Å². The molecule has 0 bridgehead atoms. The molecule has 2 aliphatic heterocycles. The van der Waals surface area contributed by atoms with Gasteiger partial charge in [0.1, 0.15) is 6.10 Å². The SMILES string of the molecule is C1C[C@H]2O[C@H]2CO1. The Bertz CT molecular complexity index is 72.1. The molecule has 2 fully saturated rings. The van der Waals surface area contributed by atoms with E-state index in [1.807, 2.05) is 0 Å². The summed E-state index contributed by atoms with van der Waals surface area (Å²) in [7, 11) is 0. The number of rotatable bonds is 0. The van der Waals surface area contributed by atoms with Crippen LogP contribution in [0.3, 0.4) is 0 Å². The van der Waals surface area contributed by atoms with E-state index in [0.29, 0.717) is 12.2 Å². The van der Waals surface area contributed by atoms with Crippen LogP contribution in [0.1, 0.15) is 6.42 Å². The second-order valence-electron chi connectivity index (χ2n) is 2.08. The van der Waals surface area contributed by atoms with E-state index in [2.05, 4.69) is 0 Å². The lowest BCUT2D eigenvalue weighted by Gasteiger charge is -2.03. The van der Waals surface area contributed by atoms with Crippen LogP contribution >= 0.6 is 0 Å². The Labute approximate surface area is 42.4 Å². The molecule has 0 saturated carbocycles. The van der Waals surface area contributed by atoms with Crippen LogP contribution in [0.15, 0.2) is 0 Å². The minimum atomic E-state index is 0.480. The van der Waals surface area contributed by atoms with E-state index in [0.717, 1.165) is 19.6 Å². The number of ether oxygens (including phenoxy) is 2. The first-order valence-electron chi connectivity index (χ1n) is 2.70. The van der Waals surface area contributed by atoms with Crippen LogP contribution < -0.4 is 0 Å². The second-order valence-corrected chi connectivity index (χ2v) is 2.08. The van der Waals surface area contributed by atoms with Gasteiger partial charge in [0.25, 0.3) is 0 Å². The molecule has 2 saturated heterocycles. The lowest BCUT2D eigenvalue weighted by Crippen LogP contribution is -2.13. The zero-order chi connectivity index (χ0) is 4.69. The van der Waals surface area contributed by atoms with Gasteiger partial charge >= 0.3 is 0 Å². The van der Waals surface area contributed by atoms with E-state index < -0.39 is 0 Å². The highest BCUT2D eigenvalue weighted by molar-refractivity contribution is 4.86. The number of hydrogen-bond acceptors (Lipinski definition) is 2. The normalized spacial score (nSPS) is 48.0. The first kappa shape index (κ1) is 3.87. The van der Waals surface area contributed by atoms with Crippen molar-refractivity contribution in [2.24, 2.45) is 0 Å². The van der Waals surface area contributed by atoms with Crippen LogP contribution in [0.2, 0.25) is 0 Å². The molecule has 0 amide bonds. The van der Waals surface area contributed by atoms with Gasteiger partial charge in [-0.05, 0) is 6.42 Å². The van der Waals surface area contributed by atoms with Gasteiger partial charge < -0.3 is 9.47 Å². The van der Waals surface area contributed by atoms with Crippen LogP contribution in [0, 0.1) is 0 Å². The number of hydrogen-bond donors (Lipinski definition) is 0. The summed E-state index contributed by atoms with van der Waals surface area (Å²) in [5, 5.41) is 0. The molecule has 40 valence electrons. The summed E-state index contributed by atoms with van der Waals surface area (Å²) < 4.78 is 10.3. The van der Waals surface area contributed by atoms with Gasteiger partial charge in [0, 0.05) is 6.61 Å². The van der Waals surface area contributed by atoms with E-state index in [1.54, 1.807) is 0 Å². The summed E-state index contributed by atoms with van der Waals surface area (Å²) in [6, 6.07) is 0. The Kier molecular flexibility index (Phi) is 0.664. The average Bonchev–Trinajstić information content (AvgIpc) is 2.41. The largest absolute Gasteiger partial charge is 0.379 e. The Morgan fingerprint density at radius 2 is 2.29 bits per heavy atom. The van der Waals surface area contributed by atoms with Gasteiger partial charge in [-0.3, -0.25) is 0 Å². The van der Waals surface area contributed by atoms with Crippen molar-refractivity contribution in [2.75, 3.05) is 13.2 Å². The molecule has 2 heteroatoms. The third kappa shape index (κ3) is 0.545. The average molecular weight is 100 g/mol. The Balaban J connectivity index is 1.95. The predicted molar refractivity (Wildman–Crippen MR) is 24.1 cm³/mol. The third-order valence-electron chi connectivity index (χ3n) is 1.52. The van der Waals surface area contributed by atoms with E-state index >= 15 is 0 Å². The molecule has 2 heterocycles. The van der Waals surface area contributed by atoms with Gasteiger partial charge in [-0.2, -0.15) is 0 Å². The number of epoxide rings is 1. The molecule has 0 spiro atoms. The van der Waals surface area contributed by atoms with Crippen LogP contribution in [0.4, 0.5) is 0 Å². The highest BCUT2D eigenvalue weighted by Gasteiger charge is 2.40. The molecule has 0 radical (unpaired) electrons. The molecule has 0 unspecified atom stereocenters. The Hall–Kier alpha value is -0.0800. The highest BCUT2D eigenvalue weighted by atomic mass is 16.6. The van der Waals surface area contributed by atoms with Crippen molar-refractivity contribution in [3.05, 3.63) is 0 Å². The molecule has 2 rings (SSSR count). The van der Waals surface area contributed by atoms with Gasteiger partial charge in [-0.1, -0.05) is 0 Å². The monoisotopic (exact) mass is 100 g/mol. The Morgan fingerprint density at radius 1 is 1.29 bits per heavy atom. The minimum absolute atomic E-state index is 0.480. The zero-order valence-corrected chi connectivity index (χ0v) is 4.09. The van der Waals surface area contributed by atoms with Gasteiger partial charge in [0.2, 0.25) is 0 Å². The first-order chi connectivity index (χ1) is 3.47. The van der Waals surface area contributed by atoms with Crippen molar-refractivity contribution in [1.82, 2.24) is 0 Å². The lowest BCUT2D eigenvalue weighted by molar-refractivity contribution is 0.111. The van der Waals surface area contributed by atoms with Gasteiger partial charge in [0.15, 0.2) is 0 Å². The van der Waals surface area contributed by atoms with Gasteiger partial charge in [0.05, 0.1) is 12.7 Å². The Morgan fingerprint density at radius 3 is 2.86 bits per heavy atom. The summed E-state index contributed by atoms with van der Waals surface area (Å²) in [5.74, 6) is 0. The summed E-state index contributed by atoms with van der Waals surface area (Å²) in [6.07, 6.45) is 2.17. The molecular weight excluding hydrogens is 92.1 g/mol. The van der Waals surface area contributed by atoms with Crippen LogP contribution in [-0.4, -0.2) is 25.4 Å². The molecule has 0 aliphatic carbocycles. The fraction of sp³-hybridized carbons (Fsp3) is 1.00. The maximum atomic E-state index is 5.15. The number of fused-ring (bicyclic) bond motifs is 1. The summed E-state index contributed by atoms with van der Waals surface area (Å²) in [5.41, 5.74) is 0. The quantitative estimate of drug-likeness (QED) is 0.405. The summed E-state index contributed by atoms with van der Waals surface area (Å²) in [4.78, 5) is 0. The lowest BCUT2D eigenvalue weighted by atomic mass is 10.2. The summed E-state index contributed by atoms with van der Waals surface area (Å²) >= 11 is 0. The first-order valence-corrected chi connectivity index (χ1v) is 2.70. The molecule has 0 N–H and O–H groups in total. The maximum absolute atomic E-state index is 5.15. The summed E-state index contributed by atoms with van der Waals surface area (Å²) in [6.45, 7) is 1.74. The topological polar surface area (TPSA) is 21.8 Å². The van der Waals surface area contributed by atoms with Crippen LogP contribution in [0.5, 0.6) is 0 Å². The zero-order valence-electron chi connectivity index (χ0n) is 4.09. The maximum Gasteiger partial charge on any atom is 0.107 e.